The van der Waals surface area contributed by atoms with Crippen molar-refractivity contribution < 1.29 is 14.3 Å². The van der Waals surface area contributed by atoms with Gasteiger partial charge >= 0.3 is 0 Å². The van der Waals surface area contributed by atoms with Crippen LogP contribution in [0.3, 0.4) is 0 Å². The molecular formula is C32H49NO3Si. The topological polar surface area (TPSA) is 49.8 Å². The zero-order valence-electron chi connectivity index (χ0n) is 24.2. The van der Waals surface area contributed by atoms with Crippen molar-refractivity contribution in [3.8, 4) is 5.75 Å². The first-order valence-corrected chi connectivity index (χ1v) is 16.5. The maximum atomic E-state index is 13.3. The number of aliphatic hydroxyl groups is 1. The number of nitrogens with zero attached hydrogens (tertiary/aromatic N) is 1. The molecule has 0 bridgehead atoms. The summed E-state index contributed by atoms with van der Waals surface area (Å²) in [7, 11) is -2.02. The number of ketones is 1. The van der Waals surface area contributed by atoms with E-state index in [1.54, 1.807) is 0 Å². The molecule has 0 amide bonds. The number of aryl methyl sites for hydroxylation is 1. The first-order chi connectivity index (χ1) is 17.5. The van der Waals surface area contributed by atoms with Crippen LogP contribution in [0.5, 0.6) is 5.75 Å². The maximum Gasteiger partial charge on any atom is 0.258 e. The fraction of sp³-hybridized carbons (Fsp3) is 0.594. The van der Waals surface area contributed by atoms with Crippen molar-refractivity contribution in [2.24, 2.45) is 0 Å². The second-order valence-corrected chi connectivity index (χ2v) is 17.5. The minimum absolute atomic E-state index is 0.140. The van der Waals surface area contributed by atoms with E-state index in [4.69, 9.17) is 4.43 Å². The van der Waals surface area contributed by atoms with Crippen molar-refractivity contribution in [2.75, 3.05) is 13.1 Å². The van der Waals surface area contributed by atoms with Crippen LogP contribution in [0.25, 0.3) is 0 Å². The van der Waals surface area contributed by atoms with Crippen LogP contribution in [0.1, 0.15) is 90.1 Å². The molecule has 1 aliphatic heterocycles. The first kappa shape index (κ1) is 29.6. The van der Waals surface area contributed by atoms with Crippen LogP contribution >= 0.6 is 0 Å². The first-order valence-electron chi connectivity index (χ1n) is 14.3. The Morgan fingerprint density at radius 1 is 0.892 bits per heavy atom. The molecule has 1 aliphatic rings. The number of carbonyl (C=O) groups is 1. The van der Waals surface area contributed by atoms with Crippen molar-refractivity contribution >= 4 is 14.1 Å². The van der Waals surface area contributed by atoms with Gasteiger partial charge in [-0.05, 0) is 85.5 Å². The molecule has 4 nitrogen and oxygen atoms in total. The summed E-state index contributed by atoms with van der Waals surface area (Å²) in [6.07, 6.45) is 4.24. The maximum absolute atomic E-state index is 13.3. The highest BCUT2D eigenvalue weighted by atomic mass is 28.4. The second-order valence-electron chi connectivity index (χ2n) is 12.1. The normalized spacial score (nSPS) is 17.4. The number of rotatable bonds is 12. The molecule has 5 heteroatoms. The summed E-state index contributed by atoms with van der Waals surface area (Å²) in [5, 5.41) is 11.1. The third-order valence-corrected chi connectivity index (χ3v) is 14.8. The summed E-state index contributed by atoms with van der Waals surface area (Å²) >= 11 is 0. The Kier molecular flexibility index (Phi) is 10.2. The lowest BCUT2D eigenvalue weighted by Crippen LogP contribution is -2.50. The molecule has 204 valence electrons. The van der Waals surface area contributed by atoms with Gasteiger partial charge in [0.15, 0.2) is 5.78 Å². The number of piperidine rings is 1. The fourth-order valence-corrected chi connectivity index (χ4v) is 11.7. The fourth-order valence-electron chi connectivity index (χ4n) is 6.50. The molecule has 1 fully saturated rings. The van der Waals surface area contributed by atoms with Gasteiger partial charge in [0, 0.05) is 18.7 Å². The van der Waals surface area contributed by atoms with Crippen molar-refractivity contribution in [1.82, 2.24) is 4.90 Å². The van der Waals surface area contributed by atoms with E-state index < -0.39 is 13.9 Å². The average molecular weight is 524 g/mol. The van der Waals surface area contributed by atoms with E-state index in [1.165, 1.54) is 5.56 Å². The van der Waals surface area contributed by atoms with Crippen LogP contribution < -0.4 is 4.43 Å². The Morgan fingerprint density at radius 2 is 1.43 bits per heavy atom. The lowest BCUT2D eigenvalue weighted by Gasteiger charge is -2.42. The van der Waals surface area contributed by atoms with Crippen LogP contribution in [0, 0.1) is 0 Å². The summed E-state index contributed by atoms with van der Waals surface area (Å²) in [4.78, 5) is 15.5. The Hall–Kier alpha value is -1.95. The minimum atomic E-state index is -2.02. The molecule has 0 aliphatic carbocycles. The molecule has 0 aromatic heterocycles. The van der Waals surface area contributed by atoms with E-state index in [-0.39, 0.29) is 11.8 Å². The predicted molar refractivity (Wildman–Crippen MR) is 157 cm³/mol. The van der Waals surface area contributed by atoms with E-state index in [2.05, 4.69) is 70.7 Å². The third-order valence-electron chi connectivity index (χ3n) is 8.75. The lowest BCUT2D eigenvalue weighted by molar-refractivity contribution is -0.0343. The second kappa shape index (κ2) is 12.7. The van der Waals surface area contributed by atoms with Gasteiger partial charge in [-0.25, -0.2) is 0 Å². The van der Waals surface area contributed by atoms with Gasteiger partial charge in [-0.2, -0.15) is 0 Å². The molecule has 1 unspecified atom stereocenters. The molecule has 37 heavy (non-hydrogen) atoms. The SMILES string of the molecule is CC(C(=O)c1ccc(O[Si](C(C)C)(C(C)C)C(C)C)cc1)N1CCC(O)(CCCc2ccccc2)CC1. The minimum Gasteiger partial charge on any atom is -0.543 e. The molecule has 1 atom stereocenters. The smallest absolute Gasteiger partial charge is 0.258 e. The van der Waals surface area contributed by atoms with Crippen molar-refractivity contribution in [1.29, 1.82) is 0 Å². The third kappa shape index (κ3) is 7.13. The molecule has 1 N–H and O–H groups in total. The van der Waals surface area contributed by atoms with Crippen LogP contribution in [-0.2, 0) is 6.42 Å². The monoisotopic (exact) mass is 523 g/mol. The number of likely N-dealkylation sites (tertiary alicyclic amines) is 1. The molecule has 0 saturated carbocycles. The van der Waals surface area contributed by atoms with Gasteiger partial charge in [0.2, 0.25) is 0 Å². The molecule has 2 aromatic carbocycles. The molecule has 0 spiro atoms. The highest BCUT2D eigenvalue weighted by molar-refractivity contribution is 6.78. The standard InChI is InChI=1S/C32H49NO3Si/c1-24(2)37(25(3)4,26(5)6)36-30-17-15-29(16-18-30)31(34)27(7)33-22-20-32(35,21-23-33)19-11-14-28-12-9-8-10-13-28/h8-10,12-13,15-18,24-27,35H,11,14,19-23H2,1-7H3. The summed E-state index contributed by atoms with van der Waals surface area (Å²) < 4.78 is 6.77. The molecule has 3 rings (SSSR count). The Bertz CT molecular complexity index is 957. The highest BCUT2D eigenvalue weighted by Crippen LogP contribution is 2.42. The Morgan fingerprint density at radius 3 is 1.95 bits per heavy atom. The summed E-state index contributed by atoms with van der Waals surface area (Å²) in [6, 6.07) is 18.1. The highest BCUT2D eigenvalue weighted by Gasteiger charge is 2.47. The Labute approximate surface area is 226 Å². The molecular weight excluding hydrogens is 474 g/mol. The van der Waals surface area contributed by atoms with Crippen LogP contribution in [0.15, 0.2) is 54.6 Å². The van der Waals surface area contributed by atoms with Gasteiger partial charge in [-0.1, -0.05) is 71.9 Å². The lowest BCUT2D eigenvalue weighted by atomic mass is 9.85. The molecule has 2 aromatic rings. The number of Topliss-reactive ketones (excluding diaryl/α,β-unsaturated/α-hetero) is 1. The van der Waals surface area contributed by atoms with E-state index in [0.29, 0.717) is 16.6 Å². The predicted octanol–water partition coefficient (Wildman–Crippen LogP) is 7.66. The summed E-state index contributed by atoms with van der Waals surface area (Å²) in [5.74, 6) is 1.02. The van der Waals surface area contributed by atoms with E-state index >= 15 is 0 Å². The van der Waals surface area contributed by atoms with Gasteiger partial charge < -0.3 is 9.53 Å². The zero-order valence-corrected chi connectivity index (χ0v) is 25.2. The quantitative estimate of drug-likeness (QED) is 0.229. The zero-order chi connectivity index (χ0) is 27.2. The van der Waals surface area contributed by atoms with Crippen LogP contribution in [0.2, 0.25) is 16.6 Å². The summed E-state index contributed by atoms with van der Waals surface area (Å²) in [5.41, 5.74) is 2.95. The number of carbonyl (C=O) groups excluding carboxylic acids is 1. The van der Waals surface area contributed by atoms with Crippen molar-refractivity contribution in [2.45, 2.75) is 109 Å². The number of hydrogen-bond acceptors (Lipinski definition) is 4. The van der Waals surface area contributed by atoms with Gasteiger partial charge in [0.25, 0.3) is 8.32 Å². The van der Waals surface area contributed by atoms with Crippen LogP contribution in [0.4, 0.5) is 0 Å². The van der Waals surface area contributed by atoms with E-state index in [9.17, 15) is 9.90 Å². The van der Waals surface area contributed by atoms with Gasteiger partial charge in [0.05, 0.1) is 11.6 Å². The van der Waals surface area contributed by atoms with Crippen LogP contribution in [-0.4, -0.2) is 48.8 Å². The average Bonchev–Trinajstić information content (AvgIpc) is 2.87. The number of hydrogen-bond donors (Lipinski definition) is 1. The molecule has 0 radical (unpaired) electrons. The Balaban J connectivity index is 1.55. The molecule has 1 heterocycles. The van der Waals surface area contributed by atoms with Gasteiger partial charge in [0.1, 0.15) is 5.75 Å². The van der Waals surface area contributed by atoms with Crippen molar-refractivity contribution in [3.05, 3.63) is 65.7 Å². The largest absolute Gasteiger partial charge is 0.543 e. The molecule has 1 saturated heterocycles. The van der Waals surface area contributed by atoms with Gasteiger partial charge in [-0.15, -0.1) is 0 Å². The van der Waals surface area contributed by atoms with Crippen molar-refractivity contribution in [3.63, 3.8) is 0 Å². The summed E-state index contributed by atoms with van der Waals surface area (Å²) in [6.45, 7) is 17.2. The number of benzene rings is 2. The van der Waals surface area contributed by atoms with Gasteiger partial charge in [-0.3, -0.25) is 9.69 Å². The van der Waals surface area contributed by atoms with E-state index in [1.807, 2.05) is 37.3 Å². The van der Waals surface area contributed by atoms with E-state index in [0.717, 1.165) is 56.5 Å².